The summed E-state index contributed by atoms with van der Waals surface area (Å²) in [7, 11) is 1.54. The first-order chi connectivity index (χ1) is 18.8. The van der Waals surface area contributed by atoms with Crippen molar-refractivity contribution in [1.82, 2.24) is 5.43 Å². The number of benzene rings is 4. The molecule has 4 aromatic carbocycles. The van der Waals surface area contributed by atoms with Gasteiger partial charge in [0.15, 0.2) is 0 Å². The van der Waals surface area contributed by atoms with E-state index in [1.165, 1.54) is 19.4 Å². The van der Waals surface area contributed by atoms with Crippen molar-refractivity contribution >= 4 is 57.2 Å². The fourth-order valence-corrected chi connectivity index (χ4v) is 4.01. The van der Waals surface area contributed by atoms with Crippen LogP contribution >= 0.6 is 27.5 Å². The van der Waals surface area contributed by atoms with Gasteiger partial charge in [-0.2, -0.15) is 5.10 Å². The summed E-state index contributed by atoms with van der Waals surface area (Å²) in [6.45, 7) is 0. The first-order valence-corrected chi connectivity index (χ1v) is 12.7. The quantitative estimate of drug-likeness (QED) is 0.105. The van der Waals surface area contributed by atoms with Gasteiger partial charge in [0.05, 0.1) is 29.5 Å². The zero-order chi connectivity index (χ0) is 27.8. The minimum absolute atomic E-state index is 0.251. The molecule has 8 nitrogen and oxygen atoms in total. The van der Waals surface area contributed by atoms with Crippen molar-refractivity contribution in [3.05, 3.63) is 123 Å². The number of hydrazone groups is 1. The summed E-state index contributed by atoms with van der Waals surface area (Å²) < 4.78 is 11.4. The highest BCUT2D eigenvalue weighted by molar-refractivity contribution is 9.10. The number of ether oxygens (including phenoxy) is 2. The molecule has 0 radical (unpaired) electrons. The fraction of sp³-hybridized carbons (Fsp3) is 0.0345. The Balaban J connectivity index is 1.43. The van der Waals surface area contributed by atoms with E-state index in [4.69, 9.17) is 21.1 Å². The maximum absolute atomic E-state index is 12.7. The summed E-state index contributed by atoms with van der Waals surface area (Å²) >= 11 is 9.47. The third-order valence-electron chi connectivity index (χ3n) is 5.37. The lowest BCUT2D eigenvalue weighted by Crippen LogP contribution is -2.18. The van der Waals surface area contributed by atoms with Crippen LogP contribution < -0.4 is 20.2 Å². The number of hydrogen-bond acceptors (Lipinski definition) is 6. The monoisotopic (exact) mass is 605 g/mol. The average molecular weight is 607 g/mol. The summed E-state index contributed by atoms with van der Waals surface area (Å²) in [5.74, 6) is -0.600. The van der Waals surface area contributed by atoms with Gasteiger partial charge >= 0.3 is 5.97 Å². The molecule has 0 spiro atoms. The number of carbonyl (C=O) groups excluding carboxylic acids is 3. The van der Waals surface area contributed by atoms with Gasteiger partial charge in [0.1, 0.15) is 11.5 Å². The Morgan fingerprint density at radius 3 is 2.38 bits per heavy atom. The van der Waals surface area contributed by atoms with Gasteiger partial charge in [-0.15, -0.1) is 0 Å². The Morgan fingerprint density at radius 2 is 1.64 bits per heavy atom. The highest BCUT2D eigenvalue weighted by Crippen LogP contribution is 2.23. The Morgan fingerprint density at radius 1 is 0.872 bits per heavy atom. The summed E-state index contributed by atoms with van der Waals surface area (Å²) in [5, 5.41) is 7.06. The maximum atomic E-state index is 12.7. The van der Waals surface area contributed by atoms with Crippen molar-refractivity contribution in [2.24, 2.45) is 5.10 Å². The number of esters is 1. The number of nitrogens with one attached hydrogen (secondary N) is 2. The normalized spacial score (nSPS) is 10.6. The van der Waals surface area contributed by atoms with Crippen LogP contribution in [0.15, 0.2) is 101 Å². The van der Waals surface area contributed by atoms with Gasteiger partial charge in [-0.25, -0.2) is 10.2 Å². The molecule has 196 valence electrons. The molecule has 0 atom stereocenters. The zero-order valence-corrected chi connectivity index (χ0v) is 22.8. The SMILES string of the molecule is COc1ccc(C(=O)Oc2ccc(Br)cc2C=NNC(=O)c2cccc(NC(=O)c3ccccc3Cl)c2)cc1. The molecule has 0 aromatic heterocycles. The molecule has 39 heavy (non-hydrogen) atoms. The Hall–Kier alpha value is -4.47. The van der Waals surface area contributed by atoms with Crippen molar-refractivity contribution < 1.29 is 23.9 Å². The second kappa shape index (κ2) is 12.9. The van der Waals surface area contributed by atoms with Crippen LogP contribution in [0.3, 0.4) is 0 Å². The van der Waals surface area contributed by atoms with Crippen molar-refractivity contribution in [2.45, 2.75) is 0 Å². The third-order valence-corrected chi connectivity index (χ3v) is 6.19. The van der Waals surface area contributed by atoms with Crippen LogP contribution in [0.2, 0.25) is 5.02 Å². The summed E-state index contributed by atoms with van der Waals surface area (Å²) in [4.78, 5) is 37.8. The predicted octanol–water partition coefficient (Wildman–Crippen LogP) is 6.35. The van der Waals surface area contributed by atoms with E-state index >= 15 is 0 Å². The molecule has 4 rings (SSSR count). The topological polar surface area (TPSA) is 106 Å². The Kier molecular flexibility index (Phi) is 9.09. The van der Waals surface area contributed by atoms with Gasteiger partial charge in [0.25, 0.3) is 11.8 Å². The van der Waals surface area contributed by atoms with E-state index in [9.17, 15) is 14.4 Å². The number of halogens is 2. The summed E-state index contributed by atoms with van der Waals surface area (Å²) in [6.07, 6.45) is 1.36. The Bertz CT molecular complexity index is 1560. The second-order valence-electron chi connectivity index (χ2n) is 8.01. The van der Waals surface area contributed by atoms with E-state index in [2.05, 4.69) is 31.8 Å². The number of anilines is 1. The zero-order valence-electron chi connectivity index (χ0n) is 20.5. The third kappa shape index (κ3) is 7.31. The number of amides is 2. The van der Waals surface area contributed by atoms with Crippen molar-refractivity contribution in [3.8, 4) is 11.5 Å². The van der Waals surface area contributed by atoms with Crippen molar-refractivity contribution in [1.29, 1.82) is 0 Å². The van der Waals surface area contributed by atoms with E-state index in [0.29, 0.717) is 33.1 Å². The van der Waals surface area contributed by atoms with Crippen LogP contribution in [0.4, 0.5) is 5.69 Å². The number of rotatable bonds is 8. The van der Waals surface area contributed by atoms with Crippen LogP contribution in [0.1, 0.15) is 36.6 Å². The lowest BCUT2D eigenvalue weighted by molar-refractivity contribution is 0.0733. The first kappa shape index (κ1) is 27.6. The van der Waals surface area contributed by atoms with Crippen molar-refractivity contribution in [3.63, 3.8) is 0 Å². The molecule has 4 aromatic rings. The van der Waals surface area contributed by atoms with E-state index < -0.39 is 17.8 Å². The van der Waals surface area contributed by atoms with E-state index in [-0.39, 0.29) is 11.3 Å². The van der Waals surface area contributed by atoms with Gasteiger partial charge < -0.3 is 14.8 Å². The highest BCUT2D eigenvalue weighted by atomic mass is 79.9. The number of nitrogens with zero attached hydrogens (tertiary/aromatic N) is 1. The molecule has 0 aliphatic rings. The predicted molar refractivity (Wildman–Crippen MR) is 153 cm³/mol. The molecule has 2 amide bonds. The van der Waals surface area contributed by atoms with Crippen LogP contribution in [-0.4, -0.2) is 31.1 Å². The van der Waals surface area contributed by atoms with Gasteiger partial charge in [-0.1, -0.05) is 45.7 Å². The standard InChI is InChI=1S/C29H21BrClN3O5/c1-38-23-12-9-18(10-13-23)29(37)39-26-14-11-21(30)15-20(26)17-32-34-27(35)19-5-4-6-22(16-19)33-28(36)24-7-2-3-8-25(24)31/h2-17H,1H3,(H,33,36)(H,34,35). The molecule has 0 saturated heterocycles. The van der Waals surface area contributed by atoms with Crippen LogP contribution in [-0.2, 0) is 0 Å². The van der Waals surface area contributed by atoms with E-state index in [1.54, 1.807) is 84.9 Å². The molecule has 2 N–H and O–H groups in total. The molecule has 10 heteroatoms. The van der Waals surface area contributed by atoms with E-state index in [1.807, 2.05) is 0 Å². The molecule has 0 fully saturated rings. The first-order valence-electron chi connectivity index (χ1n) is 11.5. The lowest BCUT2D eigenvalue weighted by Gasteiger charge is -2.09. The minimum atomic E-state index is -0.561. The molecule has 0 saturated carbocycles. The largest absolute Gasteiger partial charge is 0.497 e. The number of carbonyl (C=O) groups is 3. The van der Waals surface area contributed by atoms with Gasteiger partial charge in [-0.3, -0.25) is 9.59 Å². The van der Waals surface area contributed by atoms with Gasteiger partial charge in [0, 0.05) is 21.3 Å². The molecular formula is C29H21BrClN3O5. The van der Waals surface area contributed by atoms with Crippen LogP contribution in [0, 0.1) is 0 Å². The average Bonchev–Trinajstić information content (AvgIpc) is 2.94. The van der Waals surface area contributed by atoms with E-state index in [0.717, 1.165) is 4.47 Å². The molecule has 0 unspecified atom stereocenters. The minimum Gasteiger partial charge on any atom is -0.497 e. The Labute approximate surface area is 237 Å². The lowest BCUT2D eigenvalue weighted by atomic mass is 10.1. The molecule has 0 heterocycles. The highest BCUT2D eigenvalue weighted by Gasteiger charge is 2.13. The second-order valence-corrected chi connectivity index (χ2v) is 9.34. The van der Waals surface area contributed by atoms with Gasteiger partial charge in [0.2, 0.25) is 0 Å². The molecular weight excluding hydrogens is 586 g/mol. The van der Waals surface area contributed by atoms with Crippen molar-refractivity contribution in [2.75, 3.05) is 12.4 Å². The van der Waals surface area contributed by atoms with Gasteiger partial charge in [-0.05, 0) is 72.8 Å². The number of hydrogen-bond donors (Lipinski definition) is 2. The summed E-state index contributed by atoms with van der Waals surface area (Å²) in [6, 6.07) is 24.6. The summed E-state index contributed by atoms with van der Waals surface area (Å²) in [5.41, 5.74) is 4.23. The molecule has 0 aliphatic heterocycles. The molecule has 0 bridgehead atoms. The fourth-order valence-electron chi connectivity index (χ4n) is 3.41. The smallest absolute Gasteiger partial charge is 0.343 e. The maximum Gasteiger partial charge on any atom is 0.343 e. The molecule has 0 aliphatic carbocycles. The number of methoxy groups -OCH3 is 1. The van der Waals surface area contributed by atoms with Crippen LogP contribution in [0.25, 0.3) is 0 Å². The van der Waals surface area contributed by atoms with Crippen LogP contribution in [0.5, 0.6) is 11.5 Å².